The van der Waals surface area contributed by atoms with Crippen LogP contribution in [0.2, 0.25) is 0 Å². The first-order valence-electron chi connectivity index (χ1n) is 4.90. The van der Waals surface area contributed by atoms with Crippen LogP contribution in [0.3, 0.4) is 0 Å². The normalized spacial score (nSPS) is 11.6. The number of hydrogen-bond donors (Lipinski definition) is 2. The largest absolute Gasteiger partial charge is 0.496 e. The van der Waals surface area contributed by atoms with Gasteiger partial charge in [-0.3, -0.25) is 0 Å². The molecule has 0 atom stereocenters. The fraction of sp³-hybridized carbons (Fsp3) is 0.364. The Hall–Kier alpha value is -1.59. The third kappa shape index (κ3) is 3.22. The third-order valence-corrected chi connectivity index (χ3v) is 2.05. The smallest absolute Gasteiger partial charge is 0.126 e. The highest BCUT2D eigenvalue weighted by Crippen LogP contribution is 2.23. The number of nitrogens with two attached hydrogens (primary N) is 2. The van der Waals surface area contributed by atoms with Crippen LogP contribution in [0, 0.1) is 0 Å². The van der Waals surface area contributed by atoms with Crippen molar-refractivity contribution in [2.75, 3.05) is 20.8 Å². The molecule has 0 spiro atoms. The lowest BCUT2D eigenvalue weighted by Crippen LogP contribution is -2.17. The second-order valence-corrected chi connectivity index (χ2v) is 3.24. The lowest BCUT2D eigenvalue weighted by molar-refractivity contribution is 0.244. The van der Waals surface area contributed by atoms with E-state index in [1.54, 1.807) is 14.2 Å². The second kappa shape index (κ2) is 6.09. The van der Waals surface area contributed by atoms with Gasteiger partial charge in [0, 0.05) is 19.2 Å². The summed E-state index contributed by atoms with van der Waals surface area (Å²) in [6.45, 7) is 0.709. The number of hydrogen-bond acceptors (Lipinski definition) is 4. The molecule has 16 heavy (non-hydrogen) atoms. The number of nitrogens with zero attached hydrogens (tertiary/aromatic N) is 1. The van der Waals surface area contributed by atoms with Gasteiger partial charge in [0.15, 0.2) is 0 Å². The van der Waals surface area contributed by atoms with Crippen LogP contribution in [0.25, 0.3) is 0 Å². The molecule has 0 amide bonds. The molecule has 0 saturated carbocycles. The van der Waals surface area contributed by atoms with Gasteiger partial charge >= 0.3 is 0 Å². The minimum absolute atomic E-state index is 0.310. The molecule has 5 heteroatoms. The Morgan fingerprint density at radius 2 is 2.12 bits per heavy atom. The van der Waals surface area contributed by atoms with Gasteiger partial charge in [-0.1, -0.05) is 0 Å². The SMILES string of the molecule is COCC(N)=Nc1ccc(OC)c(CN)c1. The van der Waals surface area contributed by atoms with Crippen LogP contribution < -0.4 is 16.2 Å². The zero-order chi connectivity index (χ0) is 12.0. The van der Waals surface area contributed by atoms with Gasteiger partial charge in [-0.15, -0.1) is 0 Å². The van der Waals surface area contributed by atoms with Crippen LogP contribution in [-0.2, 0) is 11.3 Å². The van der Waals surface area contributed by atoms with Crippen LogP contribution in [0.15, 0.2) is 23.2 Å². The Kier molecular flexibility index (Phi) is 4.75. The Morgan fingerprint density at radius 3 is 2.69 bits per heavy atom. The first-order chi connectivity index (χ1) is 7.71. The van der Waals surface area contributed by atoms with Crippen molar-refractivity contribution in [1.82, 2.24) is 0 Å². The maximum atomic E-state index is 5.64. The maximum Gasteiger partial charge on any atom is 0.126 e. The zero-order valence-electron chi connectivity index (χ0n) is 9.56. The number of benzene rings is 1. The summed E-state index contributed by atoms with van der Waals surface area (Å²) in [6.07, 6.45) is 0. The predicted molar refractivity (Wildman–Crippen MR) is 64.0 cm³/mol. The molecule has 1 rings (SSSR count). The van der Waals surface area contributed by atoms with Gasteiger partial charge in [-0.05, 0) is 18.2 Å². The summed E-state index contributed by atoms with van der Waals surface area (Å²) in [7, 11) is 3.18. The Morgan fingerprint density at radius 1 is 1.38 bits per heavy atom. The summed E-state index contributed by atoms with van der Waals surface area (Å²) in [4.78, 5) is 4.19. The van der Waals surface area contributed by atoms with Crippen molar-refractivity contribution in [3.63, 3.8) is 0 Å². The standard InChI is InChI=1S/C11H17N3O2/c1-15-7-11(13)14-9-3-4-10(16-2)8(5-9)6-12/h3-5H,6-7,12H2,1-2H3,(H2,13,14). The van der Waals surface area contributed by atoms with Gasteiger partial charge in [-0.25, -0.2) is 4.99 Å². The molecule has 1 aromatic rings. The first kappa shape index (κ1) is 12.5. The summed E-state index contributed by atoms with van der Waals surface area (Å²) in [5.74, 6) is 1.18. The molecule has 0 unspecified atom stereocenters. The summed E-state index contributed by atoms with van der Waals surface area (Å²) >= 11 is 0. The maximum absolute atomic E-state index is 5.64. The van der Waals surface area contributed by atoms with E-state index in [4.69, 9.17) is 20.9 Å². The minimum atomic E-state index is 0.310. The van der Waals surface area contributed by atoms with Gasteiger partial charge in [-0.2, -0.15) is 0 Å². The van der Waals surface area contributed by atoms with E-state index < -0.39 is 0 Å². The van der Waals surface area contributed by atoms with E-state index in [0.717, 1.165) is 17.0 Å². The van der Waals surface area contributed by atoms with E-state index in [1.807, 2.05) is 18.2 Å². The van der Waals surface area contributed by atoms with Crippen molar-refractivity contribution in [3.05, 3.63) is 23.8 Å². The lowest BCUT2D eigenvalue weighted by Gasteiger charge is -2.07. The van der Waals surface area contributed by atoms with Crippen molar-refractivity contribution in [2.24, 2.45) is 16.5 Å². The quantitative estimate of drug-likeness (QED) is 0.571. The fourth-order valence-corrected chi connectivity index (χ4v) is 1.34. The van der Waals surface area contributed by atoms with E-state index in [0.29, 0.717) is 19.0 Å². The van der Waals surface area contributed by atoms with Gasteiger partial charge in [0.2, 0.25) is 0 Å². The molecule has 0 aliphatic heterocycles. The molecule has 0 radical (unpaired) electrons. The van der Waals surface area contributed by atoms with E-state index in [-0.39, 0.29) is 0 Å². The van der Waals surface area contributed by atoms with Crippen LogP contribution in [0.5, 0.6) is 5.75 Å². The Balaban J connectivity index is 2.94. The monoisotopic (exact) mass is 223 g/mol. The van der Waals surface area contributed by atoms with Gasteiger partial charge in [0.1, 0.15) is 18.2 Å². The summed E-state index contributed by atoms with van der Waals surface area (Å²) < 4.78 is 10.0. The Labute approximate surface area is 95.1 Å². The average molecular weight is 223 g/mol. The van der Waals surface area contributed by atoms with Crippen LogP contribution >= 0.6 is 0 Å². The molecule has 0 fully saturated rings. The summed E-state index contributed by atoms with van der Waals surface area (Å²) in [6, 6.07) is 5.49. The highest BCUT2D eigenvalue weighted by Gasteiger charge is 2.02. The minimum Gasteiger partial charge on any atom is -0.496 e. The van der Waals surface area contributed by atoms with Crippen molar-refractivity contribution in [1.29, 1.82) is 0 Å². The highest BCUT2D eigenvalue weighted by atomic mass is 16.5. The van der Waals surface area contributed by atoms with Crippen molar-refractivity contribution in [2.45, 2.75) is 6.54 Å². The second-order valence-electron chi connectivity index (χ2n) is 3.24. The van der Waals surface area contributed by atoms with Crippen LogP contribution in [-0.4, -0.2) is 26.7 Å². The van der Waals surface area contributed by atoms with E-state index in [9.17, 15) is 0 Å². The molecular weight excluding hydrogens is 206 g/mol. The Bertz CT molecular complexity index is 377. The number of amidine groups is 1. The molecule has 0 aliphatic carbocycles. The van der Waals surface area contributed by atoms with E-state index >= 15 is 0 Å². The predicted octanol–water partition coefficient (Wildman–Crippen LogP) is 0.789. The molecule has 0 bridgehead atoms. The molecule has 0 aromatic heterocycles. The number of methoxy groups -OCH3 is 2. The average Bonchev–Trinajstić information content (AvgIpc) is 2.29. The lowest BCUT2D eigenvalue weighted by atomic mass is 10.2. The topological polar surface area (TPSA) is 82.9 Å². The van der Waals surface area contributed by atoms with Gasteiger partial charge < -0.3 is 20.9 Å². The molecule has 1 aromatic carbocycles. The molecular formula is C11H17N3O2. The molecule has 5 nitrogen and oxygen atoms in total. The molecule has 0 aliphatic rings. The number of ether oxygens (including phenoxy) is 2. The molecule has 88 valence electrons. The van der Waals surface area contributed by atoms with Gasteiger partial charge in [0.25, 0.3) is 0 Å². The number of aliphatic imine (C=N–C) groups is 1. The third-order valence-electron chi connectivity index (χ3n) is 2.05. The summed E-state index contributed by atoms with van der Waals surface area (Å²) in [5.41, 5.74) is 12.9. The van der Waals surface area contributed by atoms with Crippen molar-refractivity contribution in [3.8, 4) is 5.75 Å². The van der Waals surface area contributed by atoms with Crippen molar-refractivity contribution < 1.29 is 9.47 Å². The number of rotatable bonds is 5. The first-order valence-corrected chi connectivity index (χ1v) is 4.90. The highest BCUT2D eigenvalue weighted by molar-refractivity contribution is 5.84. The summed E-state index contributed by atoms with van der Waals surface area (Å²) in [5, 5.41) is 0. The molecule has 0 saturated heterocycles. The van der Waals surface area contributed by atoms with Crippen LogP contribution in [0.4, 0.5) is 5.69 Å². The van der Waals surface area contributed by atoms with E-state index in [1.165, 1.54) is 0 Å². The van der Waals surface area contributed by atoms with Gasteiger partial charge in [0.05, 0.1) is 12.8 Å². The zero-order valence-corrected chi connectivity index (χ0v) is 9.56. The molecule has 0 heterocycles. The van der Waals surface area contributed by atoms with Crippen LogP contribution in [0.1, 0.15) is 5.56 Å². The van der Waals surface area contributed by atoms with E-state index in [2.05, 4.69) is 4.99 Å². The molecule has 4 N–H and O–H groups in total. The van der Waals surface area contributed by atoms with Crippen molar-refractivity contribution >= 4 is 11.5 Å². The fourth-order valence-electron chi connectivity index (χ4n) is 1.34.